The number of benzene rings is 3. The molecule has 0 bridgehead atoms. The summed E-state index contributed by atoms with van der Waals surface area (Å²) in [7, 11) is 6.91. The summed E-state index contributed by atoms with van der Waals surface area (Å²) in [5, 5.41) is 12.5. The Labute approximate surface area is 327 Å². The van der Waals surface area contributed by atoms with E-state index in [0.717, 1.165) is 49.4 Å². The van der Waals surface area contributed by atoms with Crippen molar-refractivity contribution in [2.75, 3.05) is 13.7 Å². The number of hydrogen-bond donors (Lipinski definition) is 2. The summed E-state index contributed by atoms with van der Waals surface area (Å²) in [6.45, 7) is 4.32. The van der Waals surface area contributed by atoms with Gasteiger partial charge in [-0.3, -0.25) is 38.5 Å². The van der Waals surface area contributed by atoms with E-state index < -0.39 is 11.8 Å². The Hall–Kier alpha value is -7.07. The Morgan fingerprint density at radius 3 is 2.54 bits per heavy atom. The molecule has 1 unspecified atom stereocenters. The molecule has 0 aliphatic carbocycles. The predicted octanol–water partition coefficient (Wildman–Crippen LogP) is 5.47. The number of rotatable bonds is 7. The highest BCUT2D eigenvalue weighted by atomic mass is 16.5. The number of carbonyl (C=O) groups excluding carboxylic acids is 3. The summed E-state index contributed by atoms with van der Waals surface area (Å²) in [5.74, 6) is 4.98. The number of amides is 3. The number of methoxy groups -OCH3 is 1. The van der Waals surface area contributed by atoms with Crippen LogP contribution in [0.25, 0.3) is 55.1 Å². The maximum atomic E-state index is 13.2. The predicted molar refractivity (Wildman–Crippen MR) is 218 cm³/mol. The van der Waals surface area contributed by atoms with Crippen molar-refractivity contribution in [2.24, 2.45) is 21.1 Å². The van der Waals surface area contributed by atoms with E-state index in [4.69, 9.17) is 9.72 Å². The van der Waals surface area contributed by atoms with E-state index in [9.17, 15) is 19.2 Å². The number of carbonyl (C=O) groups is 3. The minimum atomic E-state index is -0.522. The van der Waals surface area contributed by atoms with Crippen LogP contribution in [0.1, 0.15) is 65.8 Å². The van der Waals surface area contributed by atoms with Gasteiger partial charge in [-0.25, -0.2) is 9.78 Å². The molecule has 1 aliphatic rings. The molecule has 3 amide bonds. The van der Waals surface area contributed by atoms with Crippen molar-refractivity contribution in [2.45, 2.75) is 38.5 Å². The fourth-order valence-electron chi connectivity index (χ4n) is 7.71. The van der Waals surface area contributed by atoms with Crippen LogP contribution in [0.4, 0.5) is 0 Å². The topological polar surface area (TPSA) is 155 Å². The van der Waals surface area contributed by atoms with E-state index >= 15 is 0 Å². The third kappa shape index (κ3) is 6.58. The highest BCUT2D eigenvalue weighted by Gasteiger charge is 2.31. The van der Waals surface area contributed by atoms with Gasteiger partial charge >= 0.3 is 5.69 Å². The first-order valence-corrected chi connectivity index (χ1v) is 18.6. The second-order valence-electron chi connectivity index (χ2n) is 14.6. The molecule has 0 spiro atoms. The summed E-state index contributed by atoms with van der Waals surface area (Å²) >= 11 is 0. The third-order valence-corrected chi connectivity index (χ3v) is 10.7. The molecule has 4 aromatic heterocycles. The van der Waals surface area contributed by atoms with E-state index in [1.165, 1.54) is 7.11 Å². The number of piperidine rings is 1. The first-order valence-electron chi connectivity index (χ1n) is 18.6. The van der Waals surface area contributed by atoms with Crippen molar-refractivity contribution in [1.82, 2.24) is 39.5 Å². The molecular formula is C44H40N8O5. The summed E-state index contributed by atoms with van der Waals surface area (Å²) < 4.78 is 10.7. The van der Waals surface area contributed by atoms with Crippen LogP contribution in [0, 0.1) is 11.8 Å². The van der Waals surface area contributed by atoms with Crippen molar-refractivity contribution >= 4 is 50.4 Å². The first kappa shape index (κ1) is 36.9. The normalized spacial score (nSPS) is 14.3. The van der Waals surface area contributed by atoms with Gasteiger partial charge < -0.3 is 10.1 Å². The molecule has 1 atom stereocenters. The molecule has 8 rings (SSSR count). The molecule has 13 nitrogen and oxygen atoms in total. The van der Waals surface area contributed by atoms with Crippen LogP contribution in [-0.2, 0) is 30.7 Å². The zero-order chi connectivity index (χ0) is 40.1. The molecule has 1 fully saturated rings. The lowest BCUT2D eigenvalue weighted by Crippen LogP contribution is -2.39. The number of hydrogen-bond acceptors (Lipinski definition) is 8. The Morgan fingerprint density at radius 1 is 0.947 bits per heavy atom. The minimum absolute atomic E-state index is 0.0528. The molecule has 0 radical (unpaired) electrons. The third-order valence-electron chi connectivity index (χ3n) is 10.7. The quantitative estimate of drug-likeness (QED) is 0.160. The molecule has 57 heavy (non-hydrogen) atoms. The first-order chi connectivity index (χ1) is 27.4. The van der Waals surface area contributed by atoms with Gasteiger partial charge in [-0.1, -0.05) is 43.9 Å². The van der Waals surface area contributed by atoms with Gasteiger partial charge in [0.25, 0.3) is 5.91 Å². The standard InChI is InChI=1S/C44H40N8O5/c1-24(2)31-18-27(20-36-41(31)51(4)44(56)50(36)3)29-11-7-10-26-19-34(46-23-33(26)29)28-21-37(57-6)40(47-22-28)43(55)45-16-8-9-25-12-14-35-32(17-25)39(49-52(35)5)30-13-15-38(53)48-42(30)54/h7,10-12,14,17-24,30H,13,15-16H2,1-6H3,(H,45,55)(H,48,53,54). The average Bonchev–Trinajstić information content (AvgIpc) is 3.65. The van der Waals surface area contributed by atoms with Crippen LogP contribution in [0.5, 0.6) is 5.75 Å². The number of fused-ring (bicyclic) bond motifs is 3. The smallest absolute Gasteiger partial charge is 0.328 e. The van der Waals surface area contributed by atoms with Crippen LogP contribution in [0.15, 0.2) is 77.9 Å². The number of imidazole rings is 1. The molecule has 7 aromatic rings. The van der Waals surface area contributed by atoms with E-state index in [1.807, 2.05) is 56.7 Å². The van der Waals surface area contributed by atoms with Gasteiger partial charge in [-0.15, -0.1) is 0 Å². The van der Waals surface area contributed by atoms with Crippen molar-refractivity contribution in [3.8, 4) is 40.0 Å². The van der Waals surface area contributed by atoms with Crippen LogP contribution < -0.4 is 21.1 Å². The molecule has 0 saturated carbocycles. The monoisotopic (exact) mass is 760 g/mol. The Bertz CT molecular complexity index is 2940. The van der Waals surface area contributed by atoms with Gasteiger partial charge in [-0.2, -0.15) is 5.10 Å². The molecule has 1 saturated heterocycles. The lowest BCUT2D eigenvalue weighted by molar-refractivity contribution is -0.134. The second-order valence-corrected chi connectivity index (χ2v) is 14.6. The number of imide groups is 1. The van der Waals surface area contributed by atoms with Gasteiger partial charge in [0, 0.05) is 61.9 Å². The summed E-state index contributed by atoms with van der Waals surface area (Å²) in [6, 6.07) is 19.7. The van der Waals surface area contributed by atoms with E-state index in [-0.39, 0.29) is 42.1 Å². The fourth-order valence-corrected chi connectivity index (χ4v) is 7.71. The number of aryl methyl sites for hydroxylation is 3. The number of nitrogens with zero attached hydrogens (tertiary/aromatic N) is 6. The Morgan fingerprint density at radius 2 is 1.77 bits per heavy atom. The second kappa shape index (κ2) is 14.5. The number of pyridine rings is 2. The molecule has 5 heterocycles. The summed E-state index contributed by atoms with van der Waals surface area (Å²) in [6.07, 6.45) is 4.10. The van der Waals surface area contributed by atoms with Gasteiger partial charge in [-0.05, 0) is 76.9 Å². The van der Waals surface area contributed by atoms with E-state index in [1.54, 1.807) is 33.1 Å². The molecule has 1 aliphatic heterocycles. The fraction of sp³-hybridized carbons (Fsp3) is 0.250. The number of aromatic nitrogens is 6. The zero-order valence-corrected chi connectivity index (χ0v) is 32.4. The average molecular weight is 761 g/mol. The highest BCUT2D eigenvalue weighted by molar-refractivity contribution is 6.03. The highest BCUT2D eigenvalue weighted by Crippen LogP contribution is 2.36. The summed E-state index contributed by atoms with van der Waals surface area (Å²) in [4.78, 5) is 59.6. The SMILES string of the molecule is COc1cc(-c2cc3cccc(-c4cc(C(C)C)c5c(c4)n(C)c(=O)n5C)c3cn2)cnc1C(=O)NCC#Cc1ccc2c(c1)c(C1CCC(=O)NC1=O)nn2C. The Kier molecular flexibility index (Phi) is 9.41. The molecule has 286 valence electrons. The number of nitrogens with one attached hydrogen (secondary N) is 2. The van der Waals surface area contributed by atoms with E-state index in [0.29, 0.717) is 34.7 Å². The van der Waals surface area contributed by atoms with Crippen LogP contribution in [0.2, 0.25) is 0 Å². The molecular weight excluding hydrogens is 721 g/mol. The molecule has 3 aromatic carbocycles. The zero-order valence-electron chi connectivity index (χ0n) is 32.4. The number of ether oxygens (including phenoxy) is 1. The van der Waals surface area contributed by atoms with Crippen LogP contribution >= 0.6 is 0 Å². The van der Waals surface area contributed by atoms with Crippen LogP contribution in [-0.4, -0.2) is 60.3 Å². The minimum Gasteiger partial charge on any atom is -0.494 e. The lowest BCUT2D eigenvalue weighted by Gasteiger charge is -2.19. The largest absolute Gasteiger partial charge is 0.494 e. The van der Waals surface area contributed by atoms with Gasteiger partial charge in [0.2, 0.25) is 11.8 Å². The van der Waals surface area contributed by atoms with Gasteiger partial charge in [0.15, 0.2) is 11.4 Å². The van der Waals surface area contributed by atoms with Crippen molar-refractivity contribution < 1.29 is 19.1 Å². The van der Waals surface area contributed by atoms with Gasteiger partial charge in [0.05, 0.1) is 47.5 Å². The maximum absolute atomic E-state index is 13.2. The molecule has 2 N–H and O–H groups in total. The van der Waals surface area contributed by atoms with Crippen LogP contribution in [0.3, 0.4) is 0 Å². The Balaban J connectivity index is 1.01. The summed E-state index contributed by atoms with van der Waals surface area (Å²) in [5.41, 5.74) is 8.47. The van der Waals surface area contributed by atoms with Crippen molar-refractivity contribution in [3.05, 3.63) is 106 Å². The van der Waals surface area contributed by atoms with Crippen molar-refractivity contribution in [1.29, 1.82) is 0 Å². The maximum Gasteiger partial charge on any atom is 0.328 e. The van der Waals surface area contributed by atoms with Gasteiger partial charge in [0.1, 0.15) is 0 Å². The van der Waals surface area contributed by atoms with Crippen molar-refractivity contribution in [3.63, 3.8) is 0 Å². The van der Waals surface area contributed by atoms with E-state index in [2.05, 4.69) is 64.6 Å². The lowest BCUT2D eigenvalue weighted by atomic mass is 9.92. The molecule has 13 heteroatoms.